The molecule has 3 rings (SSSR count). The van der Waals surface area contributed by atoms with Gasteiger partial charge < -0.3 is 9.80 Å². The van der Waals surface area contributed by atoms with Crippen molar-refractivity contribution in [1.82, 2.24) is 14.9 Å². The van der Waals surface area contributed by atoms with E-state index in [0.29, 0.717) is 42.0 Å². The van der Waals surface area contributed by atoms with Gasteiger partial charge in [0.1, 0.15) is 0 Å². The number of hydrogen-bond acceptors (Lipinski definition) is 4. The number of anilines is 1. The quantitative estimate of drug-likeness (QED) is 0.805. The van der Waals surface area contributed by atoms with Gasteiger partial charge in [-0.15, -0.1) is 0 Å². The summed E-state index contributed by atoms with van der Waals surface area (Å²) in [7, 11) is 0. The lowest BCUT2D eigenvalue weighted by Gasteiger charge is -2.23. The molecular weight excluding hydrogens is 363 g/mol. The van der Waals surface area contributed by atoms with Crippen LogP contribution in [0.4, 0.5) is 10.2 Å². The zero-order valence-corrected chi connectivity index (χ0v) is 14.0. The van der Waals surface area contributed by atoms with Crippen molar-refractivity contribution in [3.63, 3.8) is 0 Å². The number of halogens is 2. The summed E-state index contributed by atoms with van der Waals surface area (Å²) in [6, 6.07) is 4.83. The highest BCUT2D eigenvalue weighted by Gasteiger charge is 2.22. The van der Waals surface area contributed by atoms with Crippen molar-refractivity contribution >= 4 is 27.7 Å². The SMILES string of the molecule is O=C(c1ccncc1)N1CCCN(c2ncc(Br)cc2F)CC1. The largest absolute Gasteiger partial charge is 0.352 e. The third-order valence-electron chi connectivity index (χ3n) is 3.80. The summed E-state index contributed by atoms with van der Waals surface area (Å²) in [6.45, 7) is 2.42. The van der Waals surface area contributed by atoms with Crippen LogP contribution in [0.2, 0.25) is 0 Å². The summed E-state index contributed by atoms with van der Waals surface area (Å²) in [6.07, 6.45) is 5.58. The second kappa shape index (κ2) is 7.04. The first-order valence-corrected chi connectivity index (χ1v) is 8.20. The minimum atomic E-state index is -0.353. The van der Waals surface area contributed by atoms with Crippen LogP contribution in [0.3, 0.4) is 0 Å². The first-order chi connectivity index (χ1) is 11.1. The van der Waals surface area contributed by atoms with E-state index >= 15 is 0 Å². The summed E-state index contributed by atoms with van der Waals surface area (Å²) >= 11 is 3.21. The summed E-state index contributed by atoms with van der Waals surface area (Å²) in [5, 5.41) is 0. The van der Waals surface area contributed by atoms with Crippen molar-refractivity contribution in [3.05, 3.63) is 52.6 Å². The zero-order valence-electron chi connectivity index (χ0n) is 12.5. The Balaban J connectivity index is 1.71. The first-order valence-electron chi connectivity index (χ1n) is 7.40. The molecule has 3 heterocycles. The van der Waals surface area contributed by atoms with E-state index in [1.807, 2.05) is 4.90 Å². The number of carbonyl (C=O) groups excluding carboxylic acids is 1. The Labute approximate surface area is 142 Å². The molecular formula is C16H16BrFN4O. The normalized spacial score (nSPS) is 15.4. The van der Waals surface area contributed by atoms with Crippen molar-refractivity contribution in [3.8, 4) is 0 Å². The molecule has 0 aliphatic carbocycles. The van der Waals surface area contributed by atoms with E-state index < -0.39 is 0 Å². The van der Waals surface area contributed by atoms with Crippen LogP contribution in [0, 0.1) is 5.82 Å². The highest BCUT2D eigenvalue weighted by Crippen LogP contribution is 2.21. The van der Waals surface area contributed by atoms with E-state index in [0.717, 1.165) is 6.42 Å². The Morgan fingerprint density at radius 3 is 2.70 bits per heavy atom. The van der Waals surface area contributed by atoms with Gasteiger partial charge in [-0.3, -0.25) is 9.78 Å². The Morgan fingerprint density at radius 2 is 1.96 bits per heavy atom. The van der Waals surface area contributed by atoms with E-state index in [2.05, 4.69) is 25.9 Å². The van der Waals surface area contributed by atoms with Crippen molar-refractivity contribution in [2.24, 2.45) is 0 Å². The van der Waals surface area contributed by atoms with Crippen LogP contribution in [0.25, 0.3) is 0 Å². The molecule has 23 heavy (non-hydrogen) atoms. The first kappa shape index (κ1) is 15.9. The van der Waals surface area contributed by atoms with Gasteiger partial charge in [0, 0.05) is 54.8 Å². The molecule has 7 heteroatoms. The van der Waals surface area contributed by atoms with Gasteiger partial charge in [-0.05, 0) is 40.5 Å². The van der Waals surface area contributed by atoms with Crippen LogP contribution in [0.5, 0.6) is 0 Å². The van der Waals surface area contributed by atoms with Gasteiger partial charge >= 0.3 is 0 Å². The second-order valence-corrected chi connectivity index (χ2v) is 6.24. The van der Waals surface area contributed by atoms with Crippen LogP contribution >= 0.6 is 15.9 Å². The van der Waals surface area contributed by atoms with Crippen molar-refractivity contribution in [2.45, 2.75) is 6.42 Å². The predicted molar refractivity (Wildman–Crippen MR) is 88.9 cm³/mol. The number of carbonyl (C=O) groups is 1. The fraction of sp³-hybridized carbons (Fsp3) is 0.312. The lowest BCUT2D eigenvalue weighted by Crippen LogP contribution is -2.35. The standard InChI is InChI=1S/C16H16BrFN4O/c17-13-10-14(18)15(20-11-13)21-6-1-7-22(9-8-21)16(23)12-2-4-19-5-3-12/h2-5,10-11H,1,6-9H2. The number of aromatic nitrogens is 2. The number of nitrogens with zero attached hydrogens (tertiary/aromatic N) is 4. The average molecular weight is 379 g/mol. The third kappa shape index (κ3) is 3.67. The molecule has 0 radical (unpaired) electrons. The monoisotopic (exact) mass is 378 g/mol. The average Bonchev–Trinajstić information content (AvgIpc) is 2.81. The molecule has 0 saturated carbocycles. The number of rotatable bonds is 2. The lowest BCUT2D eigenvalue weighted by molar-refractivity contribution is 0.0767. The molecule has 1 aliphatic heterocycles. The van der Waals surface area contributed by atoms with E-state index in [-0.39, 0.29) is 11.7 Å². The topological polar surface area (TPSA) is 49.3 Å². The summed E-state index contributed by atoms with van der Waals surface area (Å²) in [5.41, 5.74) is 0.626. The molecule has 0 N–H and O–H groups in total. The maximum atomic E-state index is 14.1. The smallest absolute Gasteiger partial charge is 0.254 e. The molecule has 120 valence electrons. The van der Waals surface area contributed by atoms with Gasteiger partial charge in [0.05, 0.1) is 0 Å². The Bertz CT molecular complexity index is 698. The van der Waals surface area contributed by atoms with Crippen molar-refractivity contribution in [2.75, 3.05) is 31.1 Å². The molecule has 2 aromatic rings. The molecule has 0 aromatic carbocycles. The molecule has 1 saturated heterocycles. The van der Waals surface area contributed by atoms with E-state index in [9.17, 15) is 9.18 Å². The maximum absolute atomic E-state index is 14.1. The molecule has 5 nitrogen and oxygen atoms in total. The van der Waals surface area contributed by atoms with Crippen LogP contribution < -0.4 is 4.90 Å². The van der Waals surface area contributed by atoms with Crippen LogP contribution in [0.15, 0.2) is 41.3 Å². The Morgan fingerprint density at radius 1 is 1.17 bits per heavy atom. The van der Waals surface area contributed by atoms with E-state index in [1.165, 1.54) is 6.07 Å². The van der Waals surface area contributed by atoms with Gasteiger partial charge in [-0.1, -0.05) is 0 Å². The predicted octanol–water partition coefficient (Wildman–Crippen LogP) is 2.73. The fourth-order valence-corrected chi connectivity index (χ4v) is 2.95. The highest BCUT2D eigenvalue weighted by molar-refractivity contribution is 9.10. The van der Waals surface area contributed by atoms with Gasteiger partial charge in [0.2, 0.25) is 0 Å². The van der Waals surface area contributed by atoms with Crippen LogP contribution in [-0.2, 0) is 0 Å². The fourth-order valence-electron chi connectivity index (χ4n) is 2.65. The summed E-state index contributed by atoms with van der Waals surface area (Å²) in [4.78, 5) is 24.3. The molecule has 0 atom stereocenters. The zero-order chi connectivity index (χ0) is 16.2. The molecule has 0 spiro atoms. The van der Waals surface area contributed by atoms with Gasteiger partial charge in [-0.25, -0.2) is 9.37 Å². The van der Waals surface area contributed by atoms with Crippen LogP contribution in [0.1, 0.15) is 16.8 Å². The summed E-state index contributed by atoms with van der Waals surface area (Å²) < 4.78 is 14.7. The second-order valence-electron chi connectivity index (χ2n) is 5.33. The number of pyridine rings is 2. The minimum Gasteiger partial charge on any atom is -0.352 e. The Hall–Kier alpha value is -2.02. The van der Waals surface area contributed by atoms with Crippen molar-refractivity contribution in [1.29, 1.82) is 0 Å². The van der Waals surface area contributed by atoms with Gasteiger partial charge in [0.25, 0.3) is 5.91 Å². The summed E-state index contributed by atoms with van der Waals surface area (Å²) in [5.74, 6) is -0.0295. The van der Waals surface area contributed by atoms with Gasteiger partial charge in [0.15, 0.2) is 11.6 Å². The number of amides is 1. The third-order valence-corrected chi connectivity index (χ3v) is 4.23. The molecule has 2 aromatic heterocycles. The van der Waals surface area contributed by atoms with E-state index in [4.69, 9.17) is 0 Å². The maximum Gasteiger partial charge on any atom is 0.254 e. The molecule has 0 bridgehead atoms. The minimum absolute atomic E-state index is 0.0153. The molecule has 0 unspecified atom stereocenters. The Kier molecular flexibility index (Phi) is 4.85. The van der Waals surface area contributed by atoms with Gasteiger partial charge in [-0.2, -0.15) is 0 Å². The molecule has 1 aliphatic rings. The van der Waals surface area contributed by atoms with E-state index in [1.54, 1.807) is 35.6 Å². The highest BCUT2D eigenvalue weighted by atomic mass is 79.9. The van der Waals surface area contributed by atoms with Crippen molar-refractivity contribution < 1.29 is 9.18 Å². The molecule has 1 amide bonds. The van der Waals surface area contributed by atoms with Crippen LogP contribution in [-0.4, -0.2) is 47.0 Å². The lowest BCUT2D eigenvalue weighted by atomic mass is 10.2. The molecule has 1 fully saturated rings. The number of hydrogen-bond donors (Lipinski definition) is 0.